The van der Waals surface area contributed by atoms with Gasteiger partial charge in [0.25, 0.3) is 0 Å². The lowest BCUT2D eigenvalue weighted by Gasteiger charge is -2.29. The molecule has 1 aromatic rings. The van der Waals surface area contributed by atoms with E-state index in [-0.39, 0.29) is 17.9 Å². The van der Waals surface area contributed by atoms with E-state index in [2.05, 4.69) is 10.2 Å². The standard InChI is InChI=1S/C9H11N3O2S/c1-6(7-2-10-11-3-7)12-8(13)4-15-5-9(12)14/h2-3,6H,4-5H2,1H3,(H,10,11). The first-order chi connectivity index (χ1) is 7.20. The first kappa shape index (κ1) is 10.2. The highest BCUT2D eigenvalue weighted by Gasteiger charge is 2.31. The zero-order valence-electron chi connectivity index (χ0n) is 8.27. The summed E-state index contributed by atoms with van der Waals surface area (Å²) >= 11 is 1.37. The smallest absolute Gasteiger partial charge is 0.239 e. The third-order valence-electron chi connectivity index (χ3n) is 2.38. The van der Waals surface area contributed by atoms with E-state index in [0.717, 1.165) is 5.56 Å². The molecule has 1 aliphatic rings. The number of hydrogen-bond donors (Lipinski definition) is 1. The SMILES string of the molecule is CC(c1cn[nH]c1)N1C(=O)CSCC1=O. The van der Waals surface area contributed by atoms with E-state index in [1.165, 1.54) is 16.7 Å². The molecule has 1 aliphatic heterocycles. The Morgan fingerprint density at radius 1 is 1.47 bits per heavy atom. The van der Waals surface area contributed by atoms with Crippen molar-refractivity contribution in [3.8, 4) is 0 Å². The summed E-state index contributed by atoms with van der Waals surface area (Å²) in [5.74, 6) is 0.525. The van der Waals surface area contributed by atoms with Crippen LogP contribution in [-0.4, -0.2) is 38.4 Å². The number of carbonyl (C=O) groups excluding carboxylic acids is 2. The number of H-pyrrole nitrogens is 1. The summed E-state index contributed by atoms with van der Waals surface area (Å²) < 4.78 is 0. The molecule has 0 saturated carbocycles. The normalized spacial score (nSPS) is 19.4. The van der Waals surface area contributed by atoms with Crippen LogP contribution in [0.2, 0.25) is 0 Å². The van der Waals surface area contributed by atoms with Crippen LogP contribution < -0.4 is 0 Å². The second kappa shape index (κ2) is 4.06. The predicted octanol–water partition coefficient (Wildman–Crippen LogP) is 0.573. The Balaban J connectivity index is 2.21. The molecular weight excluding hydrogens is 214 g/mol. The van der Waals surface area contributed by atoms with Crippen LogP contribution in [-0.2, 0) is 9.59 Å². The van der Waals surface area contributed by atoms with Crippen LogP contribution in [0.3, 0.4) is 0 Å². The maximum Gasteiger partial charge on any atom is 0.239 e. The van der Waals surface area contributed by atoms with Crippen molar-refractivity contribution < 1.29 is 9.59 Å². The summed E-state index contributed by atoms with van der Waals surface area (Å²) in [6, 6.07) is -0.232. The van der Waals surface area contributed by atoms with Gasteiger partial charge in [-0.05, 0) is 6.92 Å². The maximum atomic E-state index is 11.6. The van der Waals surface area contributed by atoms with Crippen molar-refractivity contribution in [3.63, 3.8) is 0 Å². The molecule has 6 heteroatoms. The molecule has 1 atom stereocenters. The topological polar surface area (TPSA) is 66.1 Å². The number of aromatic amines is 1. The summed E-state index contributed by atoms with van der Waals surface area (Å²) in [5.41, 5.74) is 0.851. The number of thioether (sulfide) groups is 1. The number of imide groups is 1. The molecule has 1 N–H and O–H groups in total. The number of hydrogen-bond acceptors (Lipinski definition) is 4. The molecule has 0 aromatic carbocycles. The molecule has 2 rings (SSSR count). The number of nitrogens with one attached hydrogen (secondary N) is 1. The molecule has 0 spiro atoms. The average Bonchev–Trinajstić information content (AvgIpc) is 2.69. The minimum absolute atomic E-state index is 0.120. The lowest BCUT2D eigenvalue weighted by atomic mass is 10.1. The molecule has 1 fully saturated rings. The fourth-order valence-electron chi connectivity index (χ4n) is 1.57. The molecule has 0 aliphatic carbocycles. The predicted molar refractivity (Wildman–Crippen MR) is 56.2 cm³/mol. The Kier molecular flexibility index (Phi) is 2.77. The van der Waals surface area contributed by atoms with Gasteiger partial charge in [-0.1, -0.05) is 0 Å². The molecular formula is C9H11N3O2S. The van der Waals surface area contributed by atoms with Gasteiger partial charge < -0.3 is 0 Å². The van der Waals surface area contributed by atoms with Gasteiger partial charge in [0.15, 0.2) is 0 Å². The highest BCUT2D eigenvalue weighted by Crippen LogP contribution is 2.24. The lowest BCUT2D eigenvalue weighted by molar-refractivity contribution is -0.144. The third-order valence-corrected chi connectivity index (χ3v) is 3.28. The summed E-state index contributed by atoms with van der Waals surface area (Å²) in [7, 11) is 0. The number of nitrogens with zero attached hydrogens (tertiary/aromatic N) is 2. The first-order valence-electron chi connectivity index (χ1n) is 4.61. The fraction of sp³-hybridized carbons (Fsp3) is 0.444. The summed E-state index contributed by atoms with van der Waals surface area (Å²) in [4.78, 5) is 24.5. The van der Waals surface area contributed by atoms with Crippen LogP contribution in [0.4, 0.5) is 0 Å². The van der Waals surface area contributed by atoms with Crippen molar-refractivity contribution in [1.82, 2.24) is 15.1 Å². The number of carbonyl (C=O) groups is 2. The minimum atomic E-state index is -0.232. The molecule has 2 heterocycles. The van der Waals surface area contributed by atoms with Gasteiger partial charge in [-0.15, -0.1) is 11.8 Å². The summed E-state index contributed by atoms with van der Waals surface area (Å²) in [5, 5.41) is 6.48. The van der Waals surface area contributed by atoms with Crippen LogP contribution in [0.25, 0.3) is 0 Å². The van der Waals surface area contributed by atoms with Gasteiger partial charge in [0.05, 0.1) is 23.7 Å². The maximum absolute atomic E-state index is 11.6. The molecule has 80 valence electrons. The van der Waals surface area contributed by atoms with E-state index in [4.69, 9.17) is 0 Å². The number of rotatable bonds is 2. The zero-order valence-corrected chi connectivity index (χ0v) is 9.08. The van der Waals surface area contributed by atoms with Crippen molar-refractivity contribution in [3.05, 3.63) is 18.0 Å². The average molecular weight is 225 g/mol. The summed E-state index contributed by atoms with van der Waals surface area (Å²) in [6.07, 6.45) is 3.33. The van der Waals surface area contributed by atoms with Crippen LogP contribution >= 0.6 is 11.8 Å². The quantitative estimate of drug-likeness (QED) is 0.747. The van der Waals surface area contributed by atoms with Crippen LogP contribution in [0.5, 0.6) is 0 Å². The third kappa shape index (κ3) is 1.90. The summed E-state index contributed by atoms with van der Waals surface area (Å²) in [6.45, 7) is 1.83. The highest BCUT2D eigenvalue weighted by molar-refractivity contribution is 8.00. The second-order valence-corrected chi connectivity index (χ2v) is 4.34. The van der Waals surface area contributed by atoms with Gasteiger partial charge in [-0.2, -0.15) is 5.10 Å². The molecule has 1 unspecified atom stereocenters. The Morgan fingerprint density at radius 3 is 2.67 bits per heavy atom. The molecule has 1 saturated heterocycles. The fourth-order valence-corrected chi connectivity index (χ4v) is 2.30. The molecule has 1 aromatic heterocycles. The molecule has 5 nitrogen and oxygen atoms in total. The number of amides is 2. The van der Waals surface area contributed by atoms with Crippen LogP contribution in [0.1, 0.15) is 18.5 Å². The Morgan fingerprint density at radius 2 is 2.13 bits per heavy atom. The van der Waals surface area contributed by atoms with Crippen molar-refractivity contribution >= 4 is 23.6 Å². The second-order valence-electron chi connectivity index (χ2n) is 3.36. The van der Waals surface area contributed by atoms with Gasteiger partial charge in [0.2, 0.25) is 11.8 Å². The monoisotopic (exact) mass is 225 g/mol. The van der Waals surface area contributed by atoms with Gasteiger partial charge in [0, 0.05) is 11.8 Å². The van der Waals surface area contributed by atoms with Gasteiger partial charge >= 0.3 is 0 Å². The number of aromatic nitrogens is 2. The largest absolute Gasteiger partial charge is 0.285 e. The van der Waals surface area contributed by atoms with Crippen molar-refractivity contribution in [1.29, 1.82) is 0 Å². The van der Waals surface area contributed by atoms with Crippen molar-refractivity contribution in [2.75, 3.05) is 11.5 Å². The Labute approximate surface area is 91.2 Å². The van der Waals surface area contributed by atoms with Gasteiger partial charge in [-0.3, -0.25) is 19.6 Å². The Hall–Kier alpha value is -1.30. The van der Waals surface area contributed by atoms with E-state index >= 15 is 0 Å². The molecule has 0 bridgehead atoms. The van der Waals surface area contributed by atoms with Crippen molar-refractivity contribution in [2.24, 2.45) is 0 Å². The first-order valence-corrected chi connectivity index (χ1v) is 5.77. The lowest BCUT2D eigenvalue weighted by Crippen LogP contribution is -2.44. The van der Waals surface area contributed by atoms with Gasteiger partial charge in [0.1, 0.15) is 0 Å². The van der Waals surface area contributed by atoms with Crippen molar-refractivity contribution in [2.45, 2.75) is 13.0 Å². The molecule has 15 heavy (non-hydrogen) atoms. The minimum Gasteiger partial charge on any atom is -0.285 e. The highest BCUT2D eigenvalue weighted by atomic mass is 32.2. The zero-order chi connectivity index (χ0) is 10.8. The van der Waals surface area contributed by atoms with E-state index in [1.54, 1.807) is 12.4 Å². The molecule has 2 amide bonds. The molecule has 0 radical (unpaired) electrons. The van der Waals surface area contributed by atoms with Crippen LogP contribution in [0, 0.1) is 0 Å². The van der Waals surface area contributed by atoms with Gasteiger partial charge in [-0.25, -0.2) is 0 Å². The van der Waals surface area contributed by atoms with E-state index in [9.17, 15) is 9.59 Å². The van der Waals surface area contributed by atoms with Crippen LogP contribution in [0.15, 0.2) is 12.4 Å². The van der Waals surface area contributed by atoms with E-state index in [1.807, 2.05) is 6.92 Å². The Bertz CT molecular complexity index is 361. The van der Waals surface area contributed by atoms with E-state index < -0.39 is 0 Å². The van der Waals surface area contributed by atoms with E-state index in [0.29, 0.717) is 11.5 Å².